The molecule has 0 saturated carbocycles. The standard InChI is InChI=1S/C19H17F3N2O5/c1-2-28-18(27)24-15-5-3-4-12(10-15)17(26)29-11-16(25)23-14-8-6-13(7-9-14)19(20,21)22/h3-10H,2,11H2,1H3,(H,23,25)(H,24,27). The van der Waals surface area contributed by atoms with Gasteiger partial charge in [0.2, 0.25) is 0 Å². The van der Waals surface area contributed by atoms with Crippen molar-refractivity contribution < 1.29 is 37.0 Å². The number of esters is 1. The lowest BCUT2D eigenvalue weighted by Gasteiger charge is -2.10. The predicted octanol–water partition coefficient (Wildman–Crippen LogP) is 4.07. The van der Waals surface area contributed by atoms with Crippen molar-refractivity contribution >= 4 is 29.3 Å². The van der Waals surface area contributed by atoms with Gasteiger partial charge in [0.1, 0.15) is 0 Å². The Hall–Kier alpha value is -3.56. The highest BCUT2D eigenvalue weighted by atomic mass is 19.4. The second kappa shape index (κ2) is 9.58. The highest BCUT2D eigenvalue weighted by Gasteiger charge is 2.30. The Morgan fingerprint density at radius 1 is 0.931 bits per heavy atom. The van der Waals surface area contributed by atoms with Gasteiger partial charge in [0.15, 0.2) is 6.61 Å². The van der Waals surface area contributed by atoms with Crippen LogP contribution in [0.25, 0.3) is 0 Å². The van der Waals surface area contributed by atoms with Crippen molar-refractivity contribution in [3.05, 3.63) is 59.7 Å². The molecule has 0 bridgehead atoms. The fourth-order valence-corrected chi connectivity index (χ4v) is 2.16. The van der Waals surface area contributed by atoms with Gasteiger partial charge in [-0.05, 0) is 49.4 Å². The van der Waals surface area contributed by atoms with Crippen LogP contribution in [0.4, 0.5) is 29.3 Å². The Bertz CT molecular complexity index is 882. The van der Waals surface area contributed by atoms with Gasteiger partial charge in [-0.15, -0.1) is 0 Å². The number of carbonyl (C=O) groups is 3. The Labute approximate surface area is 163 Å². The van der Waals surface area contributed by atoms with E-state index in [9.17, 15) is 27.6 Å². The van der Waals surface area contributed by atoms with E-state index in [0.717, 1.165) is 24.3 Å². The molecule has 0 spiro atoms. The zero-order valence-corrected chi connectivity index (χ0v) is 15.2. The molecule has 0 unspecified atom stereocenters. The maximum absolute atomic E-state index is 12.5. The van der Waals surface area contributed by atoms with Crippen molar-refractivity contribution in [2.24, 2.45) is 0 Å². The minimum Gasteiger partial charge on any atom is -0.452 e. The fraction of sp³-hybridized carbons (Fsp3) is 0.211. The van der Waals surface area contributed by atoms with E-state index in [-0.39, 0.29) is 17.9 Å². The van der Waals surface area contributed by atoms with Crippen molar-refractivity contribution in [3.63, 3.8) is 0 Å². The molecule has 0 aromatic heterocycles. The van der Waals surface area contributed by atoms with Gasteiger partial charge in [-0.2, -0.15) is 13.2 Å². The van der Waals surface area contributed by atoms with Gasteiger partial charge in [-0.3, -0.25) is 10.1 Å². The van der Waals surface area contributed by atoms with Crippen molar-refractivity contribution in [1.82, 2.24) is 0 Å². The number of nitrogens with one attached hydrogen (secondary N) is 2. The summed E-state index contributed by atoms with van der Waals surface area (Å²) in [5.41, 5.74) is -0.341. The molecule has 2 aromatic carbocycles. The molecule has 2 aromatic rings. The maximum atomic E-state index is 12.5. The van der Waals surface area contributed by atoms with Gasteiger partial charge in [0.25, 0.3) is 5.91 Å². The topological polar surface area (TPSA) is 93.7 Å². The summed E-state index contributed by atoms with van der Waals surface area (Å²) >= 11 is 0. The lowest BCUT2D eigenvalue weighted by Crippen LogP contribution is -2.21. The number of alkyl halides is 3. The molecule has 0 aliphatic heterocycles. The van der Waals surface area contributed by atoms with Crippen LogP contribution < -0.4 is 10.6 Å². The molecule has 2 amide bonds. The quantitative estimate of drug-likeness (QED) is 0.701. The van der Waals surface area contributed by atoms with Crippen molar-refractivity contribution in [3.8, 4) is 0 Å². The number of carbonyl (C=O) groups excluding carboxylic acids is 3. The van der Waals surface area contributed by atoms with Gasteiger partial charge in [0, 0.05) is 11.4 Å². The molecule has 29 heavy (non-hydrogen) atoms. The van der Waals surface area contributed by atoms with Crippen LogP contribution >= 0.6 is 0 Å². The average Bonchev–Trinajstić information content (AvgIpc) is 2.66. The van der Waals surface area contributed by atoms with Gasteiger partial charge in [-0.25, -0.2) is 9.59 Å². The summed E-state index contributed by atoms with van der Waals surface area (Å²) < 4.78 is 47.1. The SMILES string of the molecule is CCOC(=O)Nc1cccc(C(=O)OCC(=O)Nc2ccc(C(F)(F)F)cc2)c1. The summed E-state index contributed by atoms with van der Waals surface area (Å²) in [6.07, 6.45) is -5.16. The number of hydrogen-bond donors (Lipinski definition) is 2. The van der Waals surface area contributed by atoms with E-state index >= 15 is 0 Å². The maximum Gasteiger partial charge on any atom is 0.416 e. The van der Waals surface area contributed by atoms with Crippen LogP contribution in [0, 0.1) is 0 Å². The Balaban J connectivity index is 1.88. The number of halogens is 3. The van der Waals surface area contributed by atoms with E-state index in [2.05, 4.69) is 10.6 Å². The molecule has 10 heteroatoms. The smallest absolute Gasteiger partial charge is 0.416 e. The molecule has 2 N–H and O–H groups in total. The summed E-state index contributed by atoms with van der Waals surface area (Å²) in [5, 5.41) is 4.74. The first-order valence-corrected chi connectivity index (χ1v) is 8.37. The van der Waals surface area contributed by atoms with E-state index < -0.39 is 36.3 Å². The first-order chi connectivity index (χ1) is 13.7. The van der Waals surface area contributed by atoms with E-state index in [1.54, 1.807) is 6.92 Å². The molecule has 2 rings (SSSR count). The molecule has 0 aliphatic rings. The largest absolute Gasteiger partial charge is 0.452 e. The number of ether oxygens (including phenoxy) is 2. The van der Waals surface area contributed by atoms with Crippen LogP contribution in [0.2, 0.25) is 0 Å². The molecule has 154 valence electrons. The van der Waals surface area contributed by atoms with Gasteiger partial charge in [-0.1, -0.05) is 6.07 Å². The first kappa shape index (κ1) is 21.7. The third-order valence-electron chi connectivity index (χ3n) is 3.45. The van der Waals surface area contributed by atoms with Crippen LogP contribution in [0.5, 0.6) is 0 Å². The van der Waals surface area contributed by atoms with Crippen molar-refractivity contribution in [2.75, 3.05) is 23.8 Å². The Morgan fingerprint density at radius 3 is 2.24 bits per heavy atom. The monoisotopic (exact) mass is 410 g/mol. The van der Waals surface area contributed by atoms with Crippen LogP contribution in [-0.2, 0) is 20.4 Å². The lowest BCUT2D eigenvalue weighted by molar-refractivity contribution is -0.137. The first-order valence-electron chi connectivity index (χ1n) is 8.37. The van der Waals surface area contributed by atoms with E-state index in [1.807, 2.05) is 0 Å². The number of anilines is 2. The zero-order valence-electron chi connectivity index (χ0n) is 15.2. The van der Waals surface area contributed by atoms with Gasteiger partial charge in [0.05, 0.1) is 17.7 Å². The lowest BCUT2D eigenvalue weighted by atomic mass is 10.2. The molecule has 0 heterocycles. The summed E-state index contributed by atoms with van der Waals surface area (Å²) in [6, 6.07) is 9.62. The highest BCUT2D eigenvalue weighted by molar-refractivity contribution is 5.96. The molecule has 0 saturated heterocycles. The van der Waals surface area contributed by atoms with Crippen molar-refractivity contribution in [2.45, 2.75) is 13.1 Å². The van der Waals surface area contributed by atoms with Crippen LogP contribution in [-0.4, -0.2) is 31.2 Å². The Morgan fingerprint density at radius 2 is 1.62 bits per heavy atom. The average molecular weight is 410 g/mol. The van der Waals surface area contributed by atoms with Gasteiger partial charge >= 0.3 is 18.2 Å². The van der Waals surface area contributed by atoms with Crippen LogP contribution in [0.1, 0.15) is 22.8 Å². The number of amides is 2. The van der Waals surface area contributed by atoms with E-state index in [4.69, 9.17) is 9.47 Å². The molecule has 7 nitrogen and oxygen atoms in total. The third kappa shape index (κ3) is 6.83. The van der Waals surface area contributed by atoms with Crippen LogP contribution in [0.3, 0.4) is 0 Å². The summed E-state index contributed by atoms with van der Waals surface area (Å²) in [6.45, 7) is 1.18. The third-order valence-corrected chi connectivity index (χ3v) is 3.45. The molecule has 0 aliphatic carbocycles. The number of hydrogen-bond acceptors (Lipinski definition) is 5. The molecule has 0 radical (unpaired) electrons. The second-order valence-corrected chi connectivity index (χ2v) is 5.63. The zero-order chi connectivity index (χ0) is 21.4. The predicted molar refractivity (Wildman–Crippen MR) is 97.4 cm³/mol. The molecular weight excluding hydrogens is 393 g/mol. The van der Waals surface area contributed by atoms with Crippen molar-refractivity contribution in [1.29, 1.82) is 0 Å². The highest BCUT2D eigenvalue weighted by Crippen LogP contribution is 2.29. The molecular formula is C19H17F3N2O5. The molecule has 0 fully saturated rings. The van der Waals surface area contributed by atoms with Crippen LogP contribution in [0.15, 0.2) is 48.5 Å². The minimum absolute atomic E-state index is 0.0848. The van der Waals surface area contributed by atoms with Gasteiger partial charge < -0.3 is 14.8 Å². The summed E-state index contributed by atoms with van der Waals surface area (Å²) in [5.74, 6) is -1.54. The molecule has 0 atom stereocenters. The van der Waals surface area contributed by atoms with E-state index in [0.29, 0.717) is 5.69 Å². The normalized spacial score (nSPS) is 10.8. The number of rotatable bonds is 6. The Kier molecular flexibility index (Phi) is 7.18. The number of benzene rings is 2. The fourth-order valence-electron chi connectivity index (χ4n) is 2.16. The second-order valence-electron chi connectivity index (χ2n) is 5.63. The van der Waals surface area contributed by atoms with E-state index in [1.165, 1.54) is 24.3 Å². The summed E-state index contributed by atoms with van der Waals surface area (Å²) in [7, 11) is 0. The minimum atomic E-state index is -4.48. The summed E-state index contributed by atoms with van der Waals surface area (Å²) in [4.78, 5) is 35.3.